The molecule has 1 N–H and O–H groups in total. The van der Waals surface area contributed by atoms with Crippen LogP contribution >= 0.6 is 11.3 Å². The van der Waals surface area contributed by atoms with Crippen molar-refractivity contribution in [1.29, 1.82) is 0 Å². The van der Waals surface area contributed by atoms with Crippen LogP contribution < -0.4 is 5.32 Å². The molecule has 0 aliphatic heterocycles. The first-order valence-corrected chi connectivity index (χ1v) is 11.1. The lowest BCUT2D eigenvalue weighted by molar-refractivity contribution is 0.0599. The number of hydrogen-bond donors (Lipinski definition) is 1. The Bertz CT molecular complexity index is 1420. The maximum absolute atomic E-state index is 12.6. The fourth-order valence-corrected chi connectivity index (χ4v) is 4.57. The minimum atomic E-state index is -0.487. The summed E-state index contributed by atoms with van der Waals surface area (Å²) in [7, 11) is 1.35. The Morgan fingerprint density at radius 2 is 1.79 bits per heavy atom. The Morgan fingerprint density at radius 3 is 2.48 bits per heavy atom. The molecule has 8 heteroatoms. The molecule has 0 unspecified atom stereocenters. The number of benzene rings is 2. The monoisotopic (exact) mass is 456 g/mol. The van der Waals surface area contributed by atoms with Gasteiger partial charge in [0.1, 0.15) is 16.3 Å². The number of furan rings is 1. The second kappa shape index (κ2) is 8.48. The van der Waals surface area contributed by atoms with Gasteiger partial charge in [0.15, 0.2) is 5.82 Å². The average Bonchev–Trinajstić information content (AvgIpc) is 3.40. The number of carbonyl (C=O) groups excluding carboxylic acids is 1. The summed E-state index contributed by atoms with van der Waals surface area (Å²) < 4.78 is 12.0. The average molecular weight is 457 g/mol. The van der Waals surface area contributed by atoms with Gasteiger partial charge in [-0.25, -0.2) is 9.78 Å². The minimum Gasteiger partial charge on any atom is -0.465 e. The Kier molecular flexibility index (Phi) is 5.35. The quantitative estimate of drug-likeness (QED) is 0.317. The maximum atomic E-state index is 12.6. The highest BCUT2D eigenvalue weighted by atomic mass is 32.1. The molecule has 0 spiro atoms. The van der Waals surface area contributed by atoms with Crippen molar-refractivity contribution in [2.75, 3.05) is 12.4 Å². The largest absolute Gasteiger partial charge is 0.465 e. The second-order valence-electron chi connectivity index (χ2n) is 7.51. The van der Waals surface area contributed by atoms with Crippen molar-refractivity contribution in [3.63, 3.8) is 0 Å². The zero-order valence-electron chi connectivity index (χ0n) is 18.2. The van der Waals surface area contributed by atoms with Gasteiger partial charge in [-0.3, -0.25) is 0 Å². The van der Waals surface area contributed by atoms with Crippen LogP contribution in [-0.2, 0) is 4.74 Å². The summed E-state index contributed by atoms with van der Waals surface area (Å²) in [4.78, 5) is 17.3. The number of aromatic nitrogens is 3. The summed E-state index contributed by atoms with van der Waals surface area (Å²) in [5, 5.41) is 12.4. The van der Waals surface area contributed by atoms with Gasteiger partial charge >= 0.3 is 5.97 Å². The van der Waals surface area contributed by atoms with Crippen molar-refractivity contribution in [3.8, 4) is 21.8 Å². The molecule has 0 saturated carbocycles. The highest BCUT2D eigenvalue weighted by molar-refractivity contribution is 7.21. The van der Waals surface area contributed by atoms with E-state index in [0.717, 1.165) is 21.5 Å². The van der Waals surface area contributed by atoms with E-state index >= 15 is 0 Å². The fraction of sp³-hybridized carbons (Fsp3) is 0.120. The normalized spacial score (nSPS) is 11.0. The van der Waals surface area contributed by atoms with E-state index in [9.17, 15) is 4.79 Å². The number of aryl methyl sites for hydroxylation is 2. The third kappa shape index (κ3) is 3.96. The number of hydrogen-bond acceptors (Lipinski definition) is 8. The summed E-state index contributed by atoms with van der Waals surface area (Å²) in [6.07, 6.45) is 0. The van der Waals surface area contributed by atoms with Crippen LogP contribution in [0.25, 0.3) is 32.0 Å². The van der Waals surface area contributed by atoms with Crippen molar-refractivity contribution in [3.05, 3.63) is 77.6 Å². The Morgan fingerprint density at radius 1 is 1.00 bits per heavy atom. The van der Waals surface area contributed by atoms with Crippen molar-refractivity contribution >= 4 is 39.2 Å². The predicted octanol–water partition coefficient (Wildman–Crippen LogP) is 6.16. The van der Waals surface area contributed by atoms with E-state index in [1.54, 1.807) is 6.92 Å². The van der Waals surface area contributed by atoms with Crippen molar-refractivity contribution < 1.29 is 13.9 Å². The van der Waals surface area contributed by atoms with Gasteiger partial charge in [0.05, 0.1) is 28.6 Å². The van der Waals surface area contributed by atoms with Gasteiger partial charge in [0.2, 0.25) is 5.88 Å². The van der Waals surface area contributed by atoms with Gasteiger partial charge in [-0.05, 0) is 38.1 Å². The maximum Gasteiger partial charge on any atom is 0.342 e. The van der Waals surface area contributed by atoms with Gasteiger partial charge in [0, 0.05) is 5.56 Å². The van der Waals surface area contributed by atoms with Crippen molar-refractivity contribution in [1.82, 2.24) is 15.2 Å². The molecule has 5 aromatic rings. The fourth-order valence-electron chi connectivity index (χ4n) is 3.56. The van der Waals surface area contributed by atoms with Crippen LogP contribution in [0.2, 0.25) is 0 Å². The number of anilines is 2. The number of ether oxygens (including phenoxy) is 1. The SMILES string of the molecule is COC(=O)c1c(C)oc(Nc2ccc(-c3ccc(C)cc3)nn2)c1-c1nc2ccccc2s1. The molecule has 0 bridgehead atoms. The lowest BCUT2D eigenvalue weighted by Gasteiger charge is -2.06. The first-order chi connectivity index (χ1) is 16.0. The molecular formula is C25H20N4O3S. The van der Waals surface area contributed by atoms with E-state index in [-0.39, 0.29) is 0 Å². The molecule has 0 aliphatic carbocycles. The molecule has 0 aliphatic rings. The van der Waals surface area contributed by atoms with Crippen LogP contribution in [0, 0.1) is 13.8 Å². The number of fused-ring (bicyclic) bond motifs is 1. The molecule has 5 rings (SSSR count). The van der Waals surface area contributed by atoms with E-state index in [2.05, 4.69) is 15.5 Å². The summed E-state index contributed by atoms with van der Waals surface area (Å²) in [6.45, 7) is 3.76. The molecule has 164 valence electrons. The number of methoxy groups -OCH3 is 1. The zero-order valence-corrected chi connectivity index (χ0v) is 19.1. The van der Waals surface area contributed by atoms with Gasteiger partial charge in [-0.2, -0.15) is 0 Å². The number of carbonyl (C=O) groups is 1. The van der Waals surface area contributed by atoms with E-state index in [0.29, 0.717) is 33.6 Å². The molecule has 3 heterocycles. The third-order valence-corrected chi connectivity index (χ3v) is 6.29. The van der Waals surface area contributed by atoms with Crippen LogP contribution in [0.3, 0.4) is 0 Å². The Hall–Kier alpha value is -4.04. The first kappa shape index (κ1) is 20.8. The van der Waals surface area contributed by atoms with Gasteiger partial charge in [-0.15, -0.1) is 21.5 Å². The Labute approximate surface area is 194 Å². The number of para-hydroxylation sites is 1. The number of thiazole rings is 1. The summed E-state index contributed by atoms with van der Waals surface area (Å²) in [5.74, 6) is 0.796. The number of nitrogens with one attached hydrogen (secondary N) is 1. The highest BCUT2D eigenvalue weighted by Gasteiger charge is 2.28. The van der Waals surface area contributed by atoms with Crippen LogP contribution in [0.5, 0.6) is 0 Å². The number of esters is 1. The van der Waals surface area contributed by atoms with Gasteiger partial charge < -0.3 is 14.5 Å². The lowest BCUT2D eigenvalue weighted by Crippen LogP contribution is -2.04. The standard InChI is InChI=1S/C25H20N4O3S/c1-14-8-10-16(11-9-14)17-12-13-20(29-28-17)27-23-22(21(15(2)32-23)25(30)31-3)24-26-18-6-4-5-7-19(18)33-24/h4-13H,1-3H3,(H,27,29). The summed E-state index contributed by atoms with van der Waals surface area (Å²) >= 11 is 1.48. The molecule has 0 amide bonds. The highest BCUT2D eigenvalue weighted by Crippen LogP contribution is 2.41. The van der Waals surface area contributed by atoms with Crippen LogP contribution in [0.15, 0.2) is 65.1 Å². The number of nitrogens with zero attached hydrogens (tertiary/aromatic N) is 3. The summed E-state index contributed by atoms with van der Waals surface area (Å²) in [5.41, 5.74) is 4.66. The molecular weight excluding hydrogens is 436 g/mol. The van der Waals surface area contributed by atoms with E-state index in [4.69, 9.17) is 14.1 Å². The molecule has 33 heavy (non-hydrogen) atoms. The van der Waals surface area contributed by atoms with E-state index in [1.165, 1.54) is 24.0 Å². The number of rotatable bonds is 5. The molecule has 0 atom stereocenters. The lowest BCUT2D eigenvalue weighted by atomic mass is 10.1. The zero-order chi connectivity index (χ0) is 22.9. The smallest absolute Gasteiger partial charge is 0.342 e. The Balaban J connectivity index is 1.54. The molecule has 2 aromatic carbocycles. The van der Waals surface area contributed by atoms with E-state index in [1.807, 2.05) is 67.6 Å². The van der Waals surface area contributed by atoms with Crippen LogP contribution in [0.4, 0.5) is 11.7 Å². The van der Waals surface area contributed by atoms with E-state index < -0.39 is 5.97 Å². The van der Waals surface area contributed by atoms with Crippen LogP contribution in [-0.4, -0.2) is 28.3 Å². The third-order valence-electron chi connectivity index (χ3n) is 5.24. The molecule has 0 saturated heterocycles. The molecule has 7 nitrogen and oxygen atoms in total. The minimum absolute atomic E-state index is 0.336. The second-order valence-corrected chi connectivity index (χ2v) is 8.54. The summed E-state index contributed by atoms with van der Waals surface area (Å²) in [6, 6.07) is 19.6. The predicted molar refractivity (Wildman–Crippen MR) is 129 cm³/mol. The molecule has 0 radical (unpaired) electrons. The van der Waals surface area contributed by atoms with Gasteiger partial charge in [-0.1, -0.05) is 42.0 Å². The first-order valence-electron chi connectivity index (χ1n) is 10.3. The van der Waals surface area contributed by atoms with Gasteiger partial charge in [0.25, 0.3) is 0 Å². The topological polar surface area (TPSA) is 90.1 Å². The van der Waals surface area contributed by atoms with Crippen LogP contribution in [0.1, 0.15) is 21.7 Å². The molecule has 3 aromatic heterocycles. The van der Waals surface area contributed by atoms with Crippen molar-refractivity contribution in [2.45, 2.75) is 13.8 Å². The molecule has 0 fully saturated rings. The van der Waals surface area contributed by atoms with Crippen molar-refractivity contribution in [2.24, 2.45) is 0 Å².